The van der Waals surface area contributed by atoms with Crippen LogP contribution in [0.3, 0.4) is 0 Å². The normalized spacial score (nSPS) is 17.4. The largest absolute Gasteiger partial charge is 0.493 e. The van der Waals surface area contributed by atoms with Gasteiger partial charge in [0.1, 0.15) is 5.75 Å². The van der Waals surface area contributed by atoms with E-state index in [1.807, 2.05) is 18.2 Å². The van der Waals surface area contributed by atoms with E-state index in [1.165, 1.54) is 0 Å². The van der Waals surface area contributed by atoms with Crippen LogP contribution in [-0.2, 0) is 4.74 Å². The maximum Gasteiger partial charge on any atom is 0.123 e. The maximum absolute atomic E-state index is 5.94. The van der Waals surface area contributed by atoms with Gasteiger partial charge in [0.15, 0.2) is 0 Å². The van der Waals surface area contributed by atoms with Crippen molar-refractivity contribution < 1.29 is 9.47 Å². The van der Waals surface area contributed by atoms with E-state index >= 15 is 0 Å². The lowest BCUT2D eigenvalue weighted by Crippen LogP contribution is -2.42. The van der Waals surface area contributed by atoms with Crippen molar-refractivity contribution in [1.29, 1.82) is 0 Å². The molecule has 118 valence electrons. The van der Waals surface area contributed by atoms with Gasteiger partial charge in [0.05, 0.1) is 19.8 Å². The summed E-state index contributed by atoms with van der Waals surface area (Å²) < 4.78 is 11.0. The summed E-state index contributed by atoms with van der Waals surface area (Å²) in [6.45, 7) is 9.68. The molecule has 1 atom stereocenters. The Bertz CT molecular complexity index is 434. The van der Waals surface area contributed by atoms with E-state index in [2.05, 4.69) is 24.1 Å². The topological polar surface area (TPSA) is 59.8 Å². The Hall–Kier alpha value is -1.46. The van der Waals surface area contributed by atoms with Gasteiger partial charge in [-0.1, -0.05) is 6.92 Å². The molecule has 2 rings (SSSR count). The number of morpholine rings is 1. The zero-order valence-corrected chi connectivity index (χ0v) is 13.1. The van der Waals surface area contributed by atoms with E-state index in [9.17, 15) is 0 Å². The minimum atomic E-state index is 0.351. The molecule has 0 bridgehead atoms. The van der Waals surface area contributed by atoms with E-state index in [-0.39, 0.29) is 0 Å². The van der Waals surface area contributed by atoms with E-state index in [0.717, 1.165) is 56.4 Å². The first-order valence-corrected chi connectivity index (χ1v) is 7.77. The second kappa shape index (κ2) is 8.10. The van der Waals surface area contributed by atoms with Crippen molar-refractivity contribution in [3.05, 3.63) is 18.2 Å². The number of hydrogen-bond donors (Lipinski definition) is 2. The molecule has 0 saturated carbocycles. The fourth-order valence-electron chi connectivity index (χ4n) is 2.51. The predicted molar refractivity (Wildman–Crippen MR) is 87.0 cm³/mol. The highest BCUT2D eigenvalue weighted by Crippen LogP contribution is 2.23. The summed E-state index contributed by atoms with van der Waals surface area (Å²) in [6.07, 6.45) is 0.991. The molecule has 5 nitrogen and oxygen atoms in total. The molecule has 0 aliphatic carbocycles. The van der Waals surface area contributed by atoms with Crippen LogP contribution >= 0.6 is 0 Å². The number of anilines is 2. The third kappa shape index (κ3) is 5.44. The Morgan fingerprint density at radius 1 is 1.33 bits per heavy atom. The van der Waals surface area contributed by atoms with Gasteiger partial charge in [-0.05, 0) is 19.4 Å². The minimum absolute atomic E-state index is 0.351. The first-order valence-electron chi connectivity index (χ1n) is 7.77. The van der Waals surface area contributed by atoms with Gasteiger partial charge >= 0.3 is 0 Å². The van der Waals surface area contributed by atoms with E-state index < -0.39 is 0 Å². The van der Waals surface area contributed by atoms with E-state index in [0.29, 0.717) is 12.6 Å². The fraction of sp³-hybridized carbons (Fsp3) is 0.625. The molecule has 1 heterocycles. The zero-order chi connectivity index (χ0) is 15.1. The number of benzene rings is 1. The first kappa shape index (κ1) is 15.9. The van der Waals surface area contributed by atoms with Crippen LogP contribution < -0.4 is 15.8 Å². The fourth-order valence-corrected chi connectivity index (χ4v) is 2.51. The highest BCUT2D eigenvalue weighted by atomic mass is 16.5. The van der Waals surface area contributed by atoms with Gasteiger partial charge in [0.2, 0.25) is 0 Å². The number of nitrogens with two attached hydrogens (primary N) is 1. The zero-order valence-electron chi connectivity index (χ0n) is 13.1. The van der Waals surface area contributed by atoms with Gasteiger partial charge in [-0.15, -0.1) is 0 Å². The minimum Gasteiger partial charge on any atom is -0.493 e. The van der Waals surface area contributed by atoms with Crippen LogP contribution in [0.5, 0.6) is 5.75 Å². The Balaban J connectivity index is 1.89. The molecule has 1 saturated heterocycles. The van der Waals surface area contributed by atoms with E-state index in [4.69, 9.17) is 15.2 Å². The van der Waals surface area contributed by atoms with Gasteiger partial charge in [-0.25, -0.2) is 0 Å². The van der Waals surface area contributed by atoms with E-state index in [1.54, 1.807) is 0 Å². The molecule has 1 fully saturated rings. The summed E-state index contributed by atoms with van der Waals surface area (Å²) in [4.78, 5) is 2.42. The molecule has 0 spiro atoms. The van der Waals surface area contributed by atoms with Crippen molar-refractivity contribution in [2.24, 2.45) is 0 Å². The second-order valence-corrected chi connectivity index (χ2v) is 5.60. The standard InChI is InChI=1S/C16H27N3O2/c1-3-6-21-16-10-14(17)9-15(11-16)18-13(2)12-19-4-7-20-8-5-19/h9-11,13,18H,3-8,12,17H2,1-2H3. The third-order valence-electron chi connectivity index (χ3n) is 3.45. The summed E-state index contributed by atoms with van der Waals surface area (Å²) in [7, 11) is 0. The lowest BCUT2D eigenvalue weighted by molar-refractivity contribution is 0.0368. The summed E-state index contributed by atoms with van der Waals surface area (Å²) >= 11 is 0. The molecule has 0 amide bonds. The molecule has 1 aliphatic heterocycles. The SMILES string of the molecule is CCCOc1cc(N)cc(NC(C)CN2CCOCC2)c1. The summed E-state index contributed by atoms with van der Waals surface area (Å²) in [5, 5.41) is 3.50. The number of rotatable bonds is 7. The van der Waals surface area contributed by atoms with Crippen LogP contribution in [0, 0.1) is 0 Å². The van der Waals surface area contributed by atoms with Gasteiger partial charge in [-0.2, -0.15) is 0 Å². The molecule has 0 aromatic heterocycles. The van der Waals surface area contributed by atoms with Crippen LogP contribution in [0.25, 0.3) is 0 Å². The van der Waals surface area contributed by atoms with Crippen LogP contribution in [0.15, 0.2) is 18.2 Å². The first-order chi connectivity index (χ1) is 10.2. The molecule has 1 unspecified atom stereocenters. The summed E-state index contributed by atoms with van der Waals surface area (Å²) in [5.41, 5.74) is 7.69. The lowest BCUT2D eigenvalue weighted by Gasteiger charge is -2.29. The molecular weight excluding hydrogens is 266 g/mol. The van der Waals surface area contributed by atoms with Gasteiger partial charge < -0.3 is 20.5 Å². The summed E-state index contributed by atoms with van der Waals surface area (Å²) in [5.74, 6) is 0.831. The number of nitrogens with one attached hydrogen (secondary N) is 1. The molecule has 3 N–H and O–H groups in total. The molecule has 1 aromatic carbocycles. The van der Waals surface area contributed by atoms with Crippen molar-refractivity contribution in [3.8, 4) is 5.75 Å². The Kier molecular flexibility index (Phi) is 6.14. The molecular formula is C16H27N3O2. The van der Waals surface area contributed by atoms with Gasteiger partial charge in [0.25, 0.3) is 0 Å². The quantitative estimate of drug-likeness (QED) is 0.755. The van der Waals surface area contributed by atoms with Gasteiger partial charge in [-0.3, -0.25) is 4.90 Å². The number of hydrogen-bond acceptors (Lipinski definition) is 5. The predicted octanol–water partition coefficient (Wildman–Crippen LogP) is 2.19. The average Bonchev–Trinajstić information content (AvgIpc) is 2.45. The van der Waals surface area contributed by atoms with Crippen molar-refractivity contribution in [3.63, 3.8) is 0 Å². The highest BCUT2D eigenvalue weighted by molar-refractivity contribution is 5.59. The van der Waals surface area contributed by atoms with Crippen molar-refractivity contribution in [1.82, 2.24) is 4.90 Å². The molecule has 5 heteroatoms. The molecule has 1 aromatic rings. The van der Waals surface area contributed by atoms with Crippen molar-refractivity contribution in [2.75, 3.05) is 50.5 Å². The lowest BCUT2D eigenvalue weighted by atomic mass is 10.2. The van der Waals surface area contributed by atoms with Crippen molar-refractivity contribution >= 4 is 11.4 Å². The number of ether oxygens (including phenoxy) is 2. The van der Waals surface area contributed by atoms with Gasteiger partial charge in [0, 0.05) is 49.2 Å². The monoisotopic (exact) mass is 293 g/mol. The average molecular weight is 293 g/mol. The van der Waals surface area contributed by atoms with Crippen LogP contribution in [-0.4, -0.2) is 50.4 Å². The summed E-state index contributed by atoms with van der Waals surface area (Å²) in [6, 6.07) is 6.19. The highest BCUT2D eigenvalue weighted by Gasteiger charge is 2.13. The molecule has 21 heavy (non-hydrogen) atoms. The third-order valence-corrected chi connectivity index (χ3v) is 3.45. The van der Waals surface area contributed by atoms with Crippen LogP contribution in [0.2, 0.25) is 0 Å². The Morgan fingerprint density at radius 2 is 2.10 bits per heavy atom. The molecule has 1 aliphatic rings. The second-order valence-electron chi connectivity index (χ2n) is 5.60. The smallest absolute Gasteiger partial charge is 0.123 e. The van der Waals surface area contributed by atoms with Crippen LogP contribution in [0.4, 0.5) is 11.4 Å². The Labute approximate surface area is 127 Å². The maximum atomic E-state index is 5.94. The van der Waals surface area contributed by atoms with Crippen molar-refractivity contribution in [2.45, 2.75) is 26.3 Å². The number of nitrogen functional groups attached to an aromatic ring is 1. The number of nitrogens with zero attached hydrogens (tertiary/aromatic N) is 1. The molecule has 0 radical (unpaired) electrons. The van der Waals surface area contributed by atoms with Crippen LogP contribution in [0.1, 0.15) is 20.3 Å². The Morgan fingerprint density at radius 3 is 2.81 bits per heavy atom.